The summed E-state index contributed by atoms with van der Waals surface area (Å²) in [4.78, 5) is 15.8. The number of hydrogen-bond donors (Lipinski definition) is 2. The highest BCUT2D eigenvalue weighted by Gasteiger charge is 2.07. The van der Waals surface area contributed by atoms with E-state index in [1.165, 1.54) is 11.0 Å². The third kappa shape index (κ3) is 2.60. The summed E-state index contributed by atoms with van der Waals surface area (Å²) in [6, 6.07) is 3.75. The number of nitrogens with one attached hydrogen (secondary N) is 2. The lowest BCUT2D eigenvalue weighted by Crippen LogP contribution is -2.24. The van der Waals surface area contributed by atoms with Gasteiger partial charge in [-0.2, -0.15) is 5.10 Å². The largest absolute Gasteiger partial charge is 0.350 e. The Labute approximate surface area is 113 Å². The van der Waals surface area contributed by atoms with Crippen LogP contribution >= 0.6 is 0 Å². The van der Waals surface area contributed by atoms with Crippen molar-refractivity contribution in [2.24, 2.45) is 0 Å². The summed E-state index contributed by atoms with van der Waals surface area (Å²) in [7, 11) is 0. The molecule has 0 aliphatic heterocycles. The molecule has 3 aromatic rings. The van der Waals surface area contributed by atoms with Crippen LogP contribution in [0.4, 0.5) is 0 Å². The monoisotopic (exact) mass is 272 g/mol. The minimum Gasteiger partial charge on any atom is -0.350 e. The molecule has 0 saturated carbocycles. The number of carbonyl (C=O) groups excluding carboxylic acids is 1. The van der Waals surface area contributed by atoms with Crippen molar-refractivity contribution in [1.29, 1.82) is 0 Å². The molecule has 1 amide bonds. The summed E-state index contributed by atoms with van der Waals surface area (Å²) >= 11 is 0. The minimum atomic E-state index is -0.0767. The van der Waals surface area contributed by atoms with E-state index in [2.05, 4.69) is 36.0 Å². The van der Waals surface area contributed by atoms with Gasteiger partial charge in [0.2, 0.25) is 5.91 Å². The van der Waals surface area contributed by atoms with E-state index in [-0.39, 0.29) is 5.91 Å². The Balaban J connectivity index is 1.55. The molecule has 9 nitrogen and oxygen atoms in total. The number of aromatic amines is 1. The number of pyridine rings is 1. The number of aryl methyl sites for hydroxylation is 1. The maximum absolute atomic E-state index is 11.7. The molecule has 3 heterocycles. The molecule has 0 spiro atoms. The van der Waals surface area contributed by atoms with Gasteiger partial charge in [0.25, 0.3) is 0 Å². The molecule has 0 atom stereocenters. The molecule has 3 aromatic heterocycles. The molecule has 0 aromatic carbocycles. The van der Waals surface area contributed by atoms with Gasteiger partial charge in [0.1, 0.15) is 6.33 Å². The number of nitrogens with zero attached hydrogens (tertiary/aromatic N) is 6. The molecule has 0 fully saturated rings. The average molecular weight is 272 g/mol. The highest BCUT2D eigenvalue weighted by atomic mass is 16.1. The average Bonchev–Trinajstić information content (AvgIpc) is 3.12. The zero-order valence-corrected chi connectivity index (χ0v) is 10.5. The van der Waals surface area contributed by atoms with Gasteiger partial charge in [-0.1, -0.05) is 0 Å². The number of fused-ring (bicyclic) bond motifs is 1. The Morgan fingerprint density at radius 1 is 1.45 bits per heavy atom. The van der Waals surface area contributed by atoms with E-state index in [9.17, 15) is 4.79 Å². The van der Waals surface area contributed by atoms with Crippen molar-refractivity contribution in [3.8, 4) is 0 Å². The van der Waals surface area contributed by atoms with E-state index in [1.807, 2.05) is 12.1 Å². The molecule has 3 rings (SSSR count). The van der Waals surface area contributed by atoms with E-state index >= 15 is 0 Å². The van der Waals surface area contributed by atoms with Gasteiger partial charge in [0, 0.05) is 18.0 Å². The van der Waals surface area contributed by atoms with E-state index in [1.54, 1.807) is 6.20 Å². The molecule has 2 N–H and O–H groups in total. The van der Waals surface area contributed by atoms with Gasteiger partial charge in [-0.25, -0.2) is 9.67 Å². The van der Waals surface area contributed by atoms with Gasteiger partial charge in [0.15, 0.2) is 5.65 Å². The van der Waals surface area contributed by atoms with Crippen molar-refractivity contribution in [3.63, 3.8) is 0 Å². The summed E-state index contributed by atoms with van der Waals surface area (Å²) in [5, 5.41) is 21.4. The molecule has 0 unspecified atom stereocenters. The number of carbonyl (C=O) groups is 1. The second-order valence-corrected chi connectivity index (χ2v) is 4.18. The van der Waals surface area contributed by atoms with Crippen LogP contribution in [0.1, 0.15) is 12.1 Å². The maximum atomic E-state index is 11.7. The molecular formula is C11H12N8O. The first-order valence-electron chi connectivity index (χ1n) is 6.08. The Kier molecular flexibility index (Phi) is 3.31. The first kappa shape index (κ1) is 12.2. The zero-order valence-electron chi connectivity index (χ0n) is 10.5. The fraction of sp³-hybridized carbons (Fsp3) is 0.273. The fourth-order valence-electron chi connectivity index (χ4n) is 1.81. The molecule has 102 valence electrons. The minimum absolute atomic E-state index is 0.0767. The van der Waals surface area contributed by atoms with Gasteiger partial charge in [0.05, 0.1) is 18.8 Å². The van der Waals surface area contributed by atoms with Crippen molar-refractivity contribution in [3.05, 3.63) is 30.4 Å². The van der Waals surface area contributed by atoms with Crippen molar-refractivity contribution < 1.29 is 4.79 Å². The van der Waals surface area contributed by atoms with E-state index in [4.69, 9.17) is 0 Å². The summed E-state index contributed by atoms with van der Waals surface area (Å²) < 4.78 is 1.51. The van der Waals surface area contributed by atoms with Crippen LogP contribution in [0.25, 0.3) is 11.0 Å². The van der Waals surface area contributed by atoms with Crippen molar-refractivity contribution in [2.45, 2.75) is 19.5 Å². The van der Waals surface area contributed by atoms with E-state index in [0.29, 0.717) is 25.2 Å². The van der Waals surface area contributed by atoms with Crippen LogP contribution < -0.4 is 5.32 Å². The summed E-state index contributed by atoms with van der Waals surface area (Å²) in [6.07, 6.45) is 3.47. The summed E-state index contributed by atoms with van der Waals surface area (Å²) in [5.41, 5.74) is 1.48. The smallest absolute Gasteiger partial charge is 0.222 e. The van der Waals surface area contributed by atoms with Crippen LogP contribution in [0.15, 0.2) is 24.7 Å². The number of amides is 1. The Morgan fingerprint density at radius 2 is 2.40 bits per heavy atom. The van der Waals surface area contributed by atoms with Gasteiger partial charge in [-0.05, 0) is 22.6 Å². The van der Waals surface area contributed by atoms with Crippen molar-refractivity contribution in [1.82, 2.24) is 40.7 Å². The number of tetrazole rings is 1. The third-order valence-corrected chi connectivity index (χ3v) is 2.83. The molecule has 20 heavy (non-hydrogen) atoms. The zero-order chi connectivity index (χ0) is 13.8. The maximum Gasteiger partial charge on any atom is 0.222 e. The molecule has 0 saturated heterocycles. The second-order valence-electron chi connectivity index (χ2n) is 4.18. The predicted molar refractivity (Wildman–Crippen MR) is 68.2 cm³/mol. The van der Waals surface area contributed by atoms with Crippen LogP contribution in [0.2, 0.25) is 0 Å². The van der Waals surface area contributed by atoms with Crippen LogP contribution in [0, 0.1) is 0 Å². The summed E-state index contributed by atoms with van der Waals surface area (Å²) in [6.45, 7) is 0.834. The highest BCUT2D eigenvalue weighted by molar-refractivity contribution is 5.79. The number of hydrogen-bond acceptors (Lipinski definition) is 6. The first-order valence-corrected chi connectivity index (χ1v) is 6.08. The van der Waals surface area contributed by atoms with E-state index in [0.717, 1.165) is 11.1 Å². The third-order valence-electron chi connectivity index (χ3n) is 2.83. The molecule has 9 heteroatoms. The normalized spacial score (nSPS) is 10.8. The Hall–Kier alpha value is -2.84. The second kappa shape index (κ2) is 5.43. The lowest BCUT2D eigenvalue weighted by atomic mass is 10.2. The molecule has 0 radical (unpaired) electrons. The van der Waals surface area contributed by atoms with Crippen molar-refractivity contribution in [2.75, 3.05) is 0 Å². The van der Waals surface area contributed by atoms with Crippen LogP contribution in [0.3, 0.4) is 0 Å². The molecule has 0 aliphatic rings. The van der Waals surface area contributed by atoms with Crippen LogP contribution in [-0.2, 0) is 17.9 Å². The predicted octanol–water partition coefficient (Wildman–Crippen LogP) is -0.349. The molecular weight excluding hydrogens is 260 g/mol. The first-order chi connectivity index (χ1) is 9.83. The lowest BCUT2D eigenvalue weighted by Gasteiger charge is -2.03. The standard InChI is InChI=1S/C11H12N8O/c20-10(3-5-19-7-14-17-18-19)13-6-9-8-2-1-4-12-11(8)16-15-9/h1-2,4,7H,3,5-6H2,(H,13,20)(H,12,15,16). The summed E-state index contributed by atoms with van der Waals surface area (Å²) in [5.74, 6) is -0.0767. The topological polar surface area (TPSA) is 114 Å². The Bertz CT molecular complexity index is 704. The fourth-order valence-corrected chi connectivity index (χ4v) is 1.81. The van der Waals surface area contributed by atoms with Gasteiger partial charge in [-0.15, -0.1) is 5.10 Å². The highest BCUT2D eigenvalue weighted by Crippen LogP contribution is 2.12. The number of rotatable bonds is 5. The van der Waals surface area contributed by atoms with Gasteiger partial charge >= 0.3 is 0 Å². The van der Waals surface area contributed by atoms with Gasteiger partial charge in [-0.3, -0.25) is 9.89 Å². The number of H-pyrrole nitrogens is 1. The quantitative estimate of drug-likeness (QED) is 0.656. The van der Waals surface area contributed by atoms with Crippen LogP contribution in [-0.4, -0.2) is 41.3 Å². The van der Waals surface area contributed by atoms with Crippen LogP contribution in [0.5, 0.6) is 0 Å². The number of aromatic nitrogens is 7. The Morgan fingerprint density at radius 3 is 3.25 bits per heavy atom. The SMILES string of the molecule is O=C(CCn1cnnn1)NCc1[nH]nc2ncccc12. The molecule has 0 aliphatic carbocycles. The van der Waals surface area contributed by atoms with E-state index < -0.39 is 0 Å². The molecule has 0 bridgehead atoms. The lowest BCUT2D eigenvalue weighted by molar-refractivity contribution is -0.121. The van der Waals surface area contributed by atoms with Crippen molar-refractivity contribution >= 4 is 16.9 Å². The van der Waals surface area contributed by atoms with Gasteiger partial charge < -0.3 is 5.32 Å².